The SMILES string of the molecule is CCC1(C(=O)O)CN(C(=O)C(F)(F)CNC(=O)OCC2c3ccccc3-c3ccccc32)C1. The van der Waals surface area contributed by atoms with Crippen LogP contribution < -0.4 is 5.32 Å². The molecule has 33 heavy (non-hydrogen) atoms. The zero-order valence-electron chi connectivity index (χ0n) is 18.0. The molecule has 9 heteroatoms. The Morgan fingerprint density at radius 3 is 2.15 bits per heavy atom. The summed E-state index contributed by atoms with van der Waals surface area (Å²) in [6.07, 6.45) is -0.822. The zero-order chi connectivity index (χ0) is 23.8. The summed E-state index contributed by atoms with van der Waals surface area (Å²) in [4.78, 5) is 36.3. The van der Waals surface area contributed by atoms with Gasteiger partial charge in [-0.2, -0.15) is 8.78 Å². The number of alkyl carbamates (subject to hydrolysis) is 1. The van der Waals surface area contributed by atoms with E-state index < -0.39 is 35.9 Å². The number of likely N-dealkylation sites (tertiary alicyclic amines) is 1. The lowest BCUT2D eigenvalue weighted by atomic mass is 9.77. The molecule has 2 amide bonds. The van der Waals surface area contributed by atoms with Gasteiger partial charge in [0.15, 0.2) is 0 Å². The summed E-state index contributed by atoms with van der Waals surface area (Å²) in [6.45, 7) is -0.197. The van der Waals surface area contributed by atoms with Crippen LogP contribution in [-0.4, -0.2) is 60.1 Å². The number of ether oxygens (including phenoxy) is 1. The summed E-state index contributed by atoms with van der Waals surface area (Å²) in [5, 5.41) is 11.2. The van der Waals surface area contributed by atoms with Crippen molar-refractivity contribution in [3.63, 3.8) is 0 Å². The molecule has 1 saturated heterocycles. The van der Waals surface area contributed by atoms with Gasteiger partial charge in [0.25, 0.3) is 5.91 Å². The van der Waals surface area contributed by atoms with E-state index in [0.29, 0.717) is 0 Å². The number of carboxylic acid groups (broad SMARTS) is 1. The van der Waals surface area contributed by atoms with Crippen LogP contribution in [0.3, 0.4) is 0 Å². The van der Waals surface area contributed by atoms with E-state index in [4.69, 9.17) is 4.74 Å². The second kappa shape index (κ2) is 8.46. The van der Waals surface area contributed by atoms with E-state index in [-0.39, 0.29) is 32.0 Å². The maximum absolute atomic E-state index is 14.3. The molecule has 2 aliphatic rings. The minimum Gasteiger partial charge on any atom is -0.481 e. The predicted octanol–water partition coefficient (Wildman–Crippen LogP) is 3.48. The van der Waals surface area contributed by atoms with Gasteiger partial charge in [0, 0.05) is 19.0 Å². The lowest BCUT2D eigenvalue weighted by Crippen LogP contribution is -2.65. The largest absolute Gasteiger partial charge is 0.481 e. The number of benzene rings is 2. The molecule has 1 aliphatic carbocycles. The first-order valence-corrected chi connectivity index (χ1v) is 10.7. The van der Waals surface area contributed by atoms with E-state index in [2.05, 4.69) is 0 Å². The highest BCUT2D eigenvalue weighted by atomic mass is 19.3. The highest BCUT2D eigenvalue weighted by molar-refractivity contribution is 5.88. The highest BCUT2D eigenvalue weighted by Gasteiger charge is 2.55. The average Bonchev–Trinajstić information content (AvgIpc) is 3.09. The van der Waals surface area contributed by atoms with Gasteiger partial charge in [0.05, 0.1) is 6.54 Å². The van der Waals surface area contributed by atoms with E-state index in [1.807, 2.05) is 53.8 Å². The minimum atomic E-state index is -3.87. The third-order valence-corrected chi connectivity index (χ3v) is 6.52. The van der Waals surface area contributed by atoms with Gasteiger partial charge in [-0.25, -0.2) is 4.79 Å². The summed E-state index contributed by atoms with van der Waals surface area (Å²) < 4.78 is 33.9. The number of hydrogen-bond acceptors (Lipinski definition) is 4. The Morgan fingerprint density at radius 2 is 1.64 bits per heavy atom. The van der Waals surface area contributed by atoms with Crippen molar-refractivity contribution < 1.29 is 33.0 Å². The summed E-state index contributed by atoms with van der Waals surface area (Å²) in [6, 6.07) is 15.5. The van der Waals surface area contributed by atoms with Crippen LogP contribution >= 0.6 is 0 Å². The van der Waals surface area contributed by atoms with Gasteiger partial charge in [0.2, 0.25) is 0 Å². The van der Waals surface area contributed by atoms with Gasteiger partial charge in [-0.05, 0) is 28.7 Å². The number of carboxylic acids is 1. The molecule has 4 rings (SSSR count). The highest BCUT2D eigenvalue weighted by Crippen LogP contribution is 2.44. The molecule has 0 saturated carbocycles. The first-order chi connectivity index (χ1) is 15.7. The number of nitrogens with one attached hydrogen (secondary N) is 1. The second-order valence-corrected chi connectivity index (χ2v) is 8.48. The third-order valence-electron chi connectivity index (χ3n) is 6.52. The maximum atomic E-state index is 14.3. The van der Waals surface area contributed by atoms with Crippen molar-refractivity contribution in [2.45, 2.75) is 25.2 Å². The molecular formula is C24H24F2N2O5. The van der Waals surface area contributed by atoms with E-state index >= 15 is 0 Å². The average molecular weight is 458 g/mol. The maximum Gasteiger partial charge on any atom is 0.407 e. The van der Waals surface area contributed by atoms with E-state index in [0.717, 1.165) is 27.2 Å². The molecule has 0 aromatic heterocycles. The summed E-state index contributed by atoms with van der Waals surface area (Å²) >= 11 is 0. The minimum absolute atomic E-state index is 0.0386. The standard InChI is InChI=1S/C24H24F2N2O5/c1-2-23(21(30)31)13-28(14-23)20(29)24(25,26)12-27-22(32)33-11-19-17-9-5-3-7-15(17)16-8-4-6-10-18(16)19/h3-10,19H,2,11-14H2,1H3,(H,27,32)(H,30,31). The molecule has 1 heterocycles. The summed E-state index contributed by atoms with van der Waals surface area (Å²) in [5.74, 6) is -6.71. The Bertz CT molecular complexity index is 1050. The molecule has 2 aromatic carbocycles. The fourth-order valence-corrected chi connectivity index (χ4v) is 4.48. The third kappa shape index (κ3) is 4.03. The number of rotatable bonds is 7. The van der Waals surface area contributed by atoms with Gasteiger partial charge in [0.1, 0.15) is 12.0 Å². The van der Waals surface area contributed by atoms with Crippen molar-refractivity contribution in [1.29, 1.82) is 0 Å². The van der Waals surface area contributed by atoms with E-state index in [1.54, 1.807) is 6.92 Å². The van der Waals surface area contributed by atoms with Crippen LogP contribution in [0.15, 0.2) is 48.5 Å². The molecule has 0 atom stereocenters. The number of aliphatic carboxylic acids is 1. The molecule has 0 radical (unpaired) electrons. The molecule has 7 nitrogen and oxygen atoms in total. The Kier molecular flexibility index (Phi) is 5.82. The van der Waals surface area contributed by atoms with Gasteiger partial charge in [-0.1, -0.05) is 55.5 Å². The molecule has 0 spiro atoms. The van der Waals surface area contributed by atoms with Crippen LogP contribution in [0.2, 0.25) is 0 Å². The van der Waals surface area contributed by atoms with Crippen LogP contribution in [0.4, 0.5) is 13.6 Å². The normalized spacial score (nSPS) is 16.4. The van der Waals surface area contributed by atoms with Crippen molar-refractivity contribution in [3.05, 3.63) is 59.7 Å². The topological polar surface area (TPSA) is 95.9 Å². The molecule has 0 unspecified atom stereocenters. The number of carbonyl (C=O) groups is 3. The zero-order valence-corrected chi connectivity index (χ0v) is 18.0. The van der Waals surface area contributed by atoms with Crippen molar-refractivity contribution in [1.82, 2.24) is 10.2 Å². The monoisotopic (exact) mass is 458 g/mol. The van der Waals surface area contributed by atoms with Crippen molar-refractivity contribution >= 4 is 18.0 Å². The number of nitrogens with zero attached hydrogens (tertiary/aromatic N) is 1. The molecule has 2 N–H and O–H groups in total. The number of hydrogen-bond donors (Lipinski definition) is 2. The number of amides is 2. The number of carbonyl (C=O) groups excluding carboxylic acids is 2. The Morgan fingerprint density at radius 1 is 1.09 bits per heavy atom. The smallest absolute Gasteiger partial charge is 0.407 e. The quantitative estimate of drug-likeness (QED) is 0.662. The molecule has 174 valence electrons. The van der Waals surface area contributed by atoms with E-state index in [1.165, 1.54) is 0 Å². The van der Waals surface area contributed by atoms with Crippen LogP contribution in [0.5, 0.6) is 0 Å². The summed E-state index contributed by atoms with van der Waals surface area (Å²) in [5.41, 5.74) is 2.87. The van der Waals surface area contributed by atoms with E-state index in [9.17, 15) is 28.3 Å². The van der Waals surface area contributed by atoms with Crippen molar-refractivity contribution in [2.75, 3.05) is 26.2 Å². The number of halogens is 2. The molecule has 2 aromatic rings. The van der Waals surface area contributed by atoms with Crippen molar-refractivity contribution in [2.24, 2.45) is 5.41 Å². The first kappa shape index (κ1) is 22.7. The number of alkyl halides is 2. The Hall–Kier alpha value is -3.49. The fourth-order valence-electron chi connectivity index (χ4n) is 4.48. The summed E-state index contributed by atoms with van der Waals surface area (Å²) in [7, 11) is 0. The van der Waals surface area contributed by atoms with Gasteiger partial charge < -0.3 is 20.1 Å². The fraction of sp³-hybridized carbons (Fsp3) is 0.375. The van der Waals surface area contributed by atoms with Gasteiger partial charge >= 0.3 is 18.0 Å². The van der Waals surface area contributed by atoms with Crippen LogP contribution in [0.25, 0.3) is 11.1 Å². The van der Waals surface area contributed by atoms with Crippen LogP contribution in [-0.2, 0) is 14.3 Å². The lowest BCUT2D eigenvalue weighted by molar-refractivity contribution is -0.178. The van der Waals surface area contributed by atoms with Gasteiger partial charge in [-0.3, -0.25) is 9.59 Å². The lowest BCUT2D eigenvalue weighted by Gasteiger charge is -2.47. The first-order valence-electron chi connectivity index (χ1n) is 10.7. The van der Waals surface area contributed by atoms with Crippen LogP contribution in [0, 0.1) is 5.41 Å². The number of fused-ring (bicyclic) bond motifs is 3. The van der Waals surface area contributed by atoms with Crippen LogP contribution in [0.1, 0.15) is 30.4 Å². The molecule has 1 fully saturated rings. The Labute approximate surface area is 189 Å². The van der Waals surface area contributed by atoms with Gasteiger partial charge in [-0.15, -0.1) is 0 Å². The predicted molar refractivity (Wildman–Crippen MR) is 115 cm³/mol. The molecule has 0 bridgehead atoms. The Balaban J connectivity index is 1.32. The van der Waals surface area contributed by atoms with Crippen molar-refractivity contribution in [3.8, 4) is 11.1 Å². The molecule has 1 aliphatic heterocycles. The molecular weight excluding hydrogens is 434 g/mol. The second-order valence-electron chi connectivity index (χ2n) is 8.48.